The minimum absolute atomic E-state index is 0.0192. The molecular formula is C13H16Cl2N2O2. The number of phenolic OH excluding ortho intramolecular Hbond substituents is 1. The minimum Gasteiger partial charge on any atom is -0.508 e. The molecule has 4 nitrogen and oxygen atoms in total. The zero-order valence-corrected chi connectivity index (χ0v) is 11.8. The average molecular weight is 303 g/mol. The maximum absolute atomic E-state index is 11.0. The van der Waals surface area contributed by atoms with Gasteiger partial charge < -0.3 is 16.2 Å². The fourth-order valence-electron chi connectivity index (χ4n) is 2.61. The molecule has 1 unspecified atom stereocenters. The van der Waals surface area contributed by atoms with E-state index in [1.807, 2.05) is 0 Å². The monoisotopic (exact) mass is 302 g/mol. The van der Waals surface area contributed by atoms with Gasteiger partial charge in [-0.3, -0.25) is 4.79 Å². The number of nitrogens with two attached hydrogens (primary N) is 1. The summed E-state index contributed by atoms with van der Waals surface area (Å²) in [6.07, 6.45) is 1.83. The van der Waals surface area contributed by atoms with Crippen LogP contribution >= 0.6 is 23.2 Å². The van der Waals surface area contributed by atoms with Crippen molar-refractivity contribution < 1.29 is 9.90 Å². The molecule has 0 spiro atoms. The van der Waals surface area contributed by atoms with Crippen molar-refractivity contribution in [3.8, 4) is 5.75 Å². The lowest BCUT2D eigenvalue weighted by Crippen LogP contribution is -2.40. The number of primary amides is 1. The number of carbonyl (C=O) groups is 1. The maximum atomic E-state index is 11.0. The van der Waals surface area contributed by atoms with Crippen molar-refractivity contribution in [2.45, 2.75) is 31.2 Å². The highest BCUT2D eigenvalue weighted by atomic mass is 35.5. The molecule has 1 aromatic carbocycles. The number of halogens is 2. The van der Waals surface area contributed by atoms with Gasteiger partial charge in [-0.05, 0) is 37.4 Å². The predicted octanol–water partition coefficient (Wildman–Crippen LogP) is 2.41. The Kier molecular flexibility index (Phi) is 4.55. The Morgan fingerprint density at radius 3 is 2.89 bits per heavy atom. The highest BCUT2D eigenvalue weighted by Crippen LogP contribution is 2.41. The zero-order valence-electron chi connectivity index (χ0n) is 10.3. The van der Waals surface area contributed by atoms with E-state index in [-0.39, 0.29) is 30.0 Å². The number of amides is 1. The number of hydrogen-bond acceptors (Lipinski definition) is 3. The van der Waals surface area contributed by atoms with Gasteiger partial charge in [-0.15, -0.1) is 0 Å². The summed E-state index contributed by atoms with van der Waals surface area (Å²) in [7, 11) is 0. The first-order valence-electron chi connectivity index (χ1n) is 6.17. The van der Waals surface area contributed by atoms with Gasteiger partial charge in [-0.2, -0.15) is 0 Å². The molecule has 1 aliphatic rings. The first kappa shape index (κ1) is 14.4. The second-order valence-electron chi connectivity index (χ2n) is 4.84. The number of aromatic hydroxyl groups is 1. The lowest BCUT2D eigenvalue weighted by atomic mass is 9.85. The number of benzene rings is 1. The topological polar surface area (TPSA) is 75.4 Å². The smallest absolute Gasteiger partial charge is 0.218 e. The Bertz CT molecular complexity index is 494. The van der Waals surface area contributed by atoms with Crippen LogP contribution in [-0.4, -0.2) is 23.6 Å². The van der Waals surface area contributed by atoms with E-state index in [4.69, 9.17) is 28.9 Å². The van der Waals surface area contributed by atoms with Crippen LogP contribution in [0.25, 0.3) is 0 Å². The number of nitrogens with one attached hydrogen (secondary N) is 1. The van der Waals surface area contributed by atoms with Gasteiger partial charge in [-0.25, -0.2) is 0 Å². The molecule has 0 aromatic heterocycles. The van der Waals surface area contributed by atoms with Crippen molar-refractivity contribution in [1.82, 2.24) is 5.32 Å². The molecule has 1 amide bonds. The van der Waals surface area contributed by atoms with Crippen molar-refractivity contribution >= 4 is 29.1 Å². The Morgan fingerprint density at radius 2 is 2.21 bits per heavy atom. The second kappa shape index (κ2) is 5.99. The third kappa shape index (κ3) is 3.32. The SMILES string of the molecule is NC(=O)C[C@@H]1CC(c2c(O)ccc(Cl)c2Cl)CCN1. The molecule has 6 heteroatoms. The Hall–Kier alpha value is -0.970. The summed E-state index contributed by atoms with van der Waals surface area (Å²) >= 11 is 12.2. The summed E-state index contributed by atoms with van der Waals surface area (Å²) in [6, 6.07) is 3.14. The Labute approximate surface area is 121 Å². The summed E-state index contributed by atoms with van der Waals surface area (Å²) in [5, 5.41) is 14.1. The van der Waals surface area contributed by atoms with Crippen molar-refractivity contribution in [3.63, 3.8) is 0 Å². The highest BCUT2D eigenvalue weighted by molar-refractivity contribution is 6.42. The van der Waals surface area contributed by atoms with E-state index in [1.54, 1.807) is 12.1 Å². The van der Waals surface area contributed by atoms with Gasteiger partial charge in [-0.1, -0.05) is 23.2 Å². The third-order valence-corrected chi connectivity index (χ3v) is 4.28. The molecule has 4 N–H and O–H groups in total. The minimum atomic E-state index is -0.334. The van der Waals surface area contributed by atoms with Crippen LogP contribution in [0.15, 0.2) is 12.1 Å². The largest absolute Gasteiger partial charge is 0.508 e. The molecule has 2 rings (SSSR count). The van der Waals surface area contributed by atoms with E-state index in [1.165, 1.54) is 0 Å². The van der Waals surface area contributed by atoms with Crippen LogP contribution in [0.1, 0.15) is 30.7 Å². The van der Waals surface area contributed by atoms with Crippen molar-refractivity contribution in [2.24, 2.45) is 5.73 Å². The van der Waals surface area contributed by atoms with E-state index in [0.29, 0.717) is 22.0 Å². The van der Waals surface area contributed by atoms with Crippen LogP contribution < -0.4 is 11.1 Å². The molecule has 2 atom stereocenters. The molecule has 1 aliphatic heterocycles. The van der Waals surface area contributed by atoms with Gasteiger partial charge in [0, 0.05) is 18.0 Å². The summed E-state index contributed by atoms with van der Waals surface area (Å²) < 4.78 is 0. The van der Waals surface area contributed by atoms with Crippen LogP contribution in [0.5, 0.6) is 5.75 Å². The van der Waals surface area contributed by atoms with Gasteiger partial charge in [0.15, 0.2) is 0 Å². The number of carbonyl (C=O) groups excluding carboxylic acids is 1. The van der Waals surface area contributed by atoms with Crippen LogP contribution in [0, 0.1) is 0 Å². The zero-order chi connectivity index (χ0) is 14.0. The quantitative estimate of drug-likeness (QED) is 0.802. The molecule has 0 aliphatic carbocycles. The van der Waals surface area contributed by atoms with E-state index >= 15 is 0 Å². The molecule has 1 fully saturated rings. The lowest BCUT2D eigenvalue weighted by molar-refractivity contribution is -0.118. The number of piperidine rings is 1. The second-order valence-corrected chi connectivity index (χ2v) is 5.62. The summed E-state index contributed by atoms with van der Waals surface area (Å²) in [4.78, 5) is 11.0. The van der Waals surface area contributed by atoms with Crippen LogP contribution in [0.2, 0.25) is 10.0 Å². The highest BCUT2D eigenvalue weighted by Gasteiger charge is 2.28. The van der Waals surface area contributed by atoms with E-state index in [2.05, 4.69) is 5.32 Å². The molecule has 0 saturated carbocycles. The average Bonchev–Trinajstić information content (AvgIpc) is 2.34. The van der Waals surface area contributed by atoms with Crippen LogP contribution in [-0.2, 0) is 4.79 Å². The molecule has 104 valence electrons. The summed E-state index contributed by atoms with van der Waals surface area (Å²) in [6.45, 7) is 0.755. The fourth-order valence-corrected chi connectivity index (χ4v) is 3.09. The lowest BCUT2D eigenvalue weighted by Gasteiger charge is -2.31. The van der Waals surface area contributed by atoms with Crippen molar-refractivity contribution in [3.05, 3.63) is 27.7 Å². The van der Waals surface area contributed by atoms with Gasteiger partial charge in [0.25, 0.3) is 0 Å². The van der Waals surface area contributed by atoms with Crippen molar-refractivity contribution in [2.75, 3.05) is 6.54 Å². The molecule has 0 radical (unpaired) electrons. The van der Waals surface area contributed by atoms with Crippen molar-refractivity contribution in [1.29, 1.82) is 0 Å². The first-order valence-corrected chi connectivity index (χ1v) is 6.93. The van der Waals surface area contributed by atoms with Gasteiger partial charge >= 0.3 is 0 Å². The molecular weight excluding hydrogens is 287 g/mol. The number of hydrogen-bond donors (Lipinski definition) is 3. The molecule has 0 bridgehead atoms. The van der Waals surface area contributed by atoms with Crippen LogP contribution in [0.3, 0.4) is 0 Å². The van der Waals surface area contributed by atoms with E-state index in [0.717, 1.165) is 13.0 Å². The Morgan fingerprint density at radius 1 is 1.47 bits per heavy atom. The molecule has 1 aromatic rings. The maximum Gasteiger partial charge on any atom is 0.218 e. The molecule has 19 heavy (non-hydrogen) atoms. The molecule has 1 heterocycles. The van der Waals surface area contributed by atoms with Gasteiger partial charge in [0.2, 0.25) is 5.91 Å². The Balaban J connectivity index is 2.22. The number of phenols is 1. The standard InChI is InChI=1S/C13H16Cl2N2O2/c14-9-1-2-10(18)12(13(9)15)7-3-4-17-8(5-7)6-11(16)19/h1-2,7-8,17-18H,3-6H2,(H2,16,19)/t7?,8-/m0/s1. The normalized spacial score (nSPS) is 23.3. The molecule has 1 saturated heterocycles. The van der Waals surface area contributed by atoms with E-state index < -0.39 is 0 Å². The van der Waals surface area contributed by atoms with Gasteiger partial charge in [0.05, 0.1) is 10.0 Å². The fraction of sp³-hybridized carbons (Fsp3) is 0.462. The summed E-state index contributed by atoms with van der Waals surface area (Å²) in [5.74, 6) is -0.101. The number of rotatable bonds is 3. The van der Waals surface area contributed by atoms with Crippen LogP contribution in [0.4, 0.5) is 0 Å². The first-order chi connectivity index (χ1) is 8.99. The third-order valence-electron chi connectivity index (χ3n) is 3.46. The summed E-state index contributed by atoms with van der Waals surface area (Å²) in [5.41, 5.74) is 5.89. The predicted molar refractivity (Wildman–Crippen MR) is 75.7 cm³/mol. The van der Waals surface area contributed by atoms with E-state index in [9.17, 15) is 9.90 Å². The van der Waals surface area contributed by atoms with Gasteiger partial charge in [0.1, 0.15) is 5.75 Å².